The van der Waals surface area contributed by atoms with Crippen LogP contribution >= 0.6 is 0 Å². The van der Waals surface area contributed by atoms with Gasteiger partial charge in [-0.15, -0.1) is 0 Å². The number of alkyl halides is 3. The highest BCUT2D eigenvalue weighted by molar-refractivity contribution is 5.76. The minimum absolute atomic E-state index is 0.203. The van der Waals surface area contributed by atoms with E-state index in [1.165, 1.54) is 4.68 Å². The van der Waals surface area contributed by atoms with Crippen molar-refractivity contribution in [1.29, 1.82) is 0 Å². The maximum Gasteiger partial charge on any atom is 0.435 e. The lowest BCUT2D eigenvalue weighted by atomic mass is 10.2. The molecule has 0 fully saturated rings. The van der Waals surface area contributed by atoms with E-state index < -0.39 is 11.9 Å². The van der Waals surface area contributed by atoms with Gasteiger partial charge in [-0.3, -0.25) is 14.2 Å². The van der Waals surface area contributed by atoms with Crippen LogP contribution in [0.25, 0.3) is 0 Å². The Morgan fingerprint density at radius 2 is 2.00 bits per heavy atom. The number of fused-ring (bicyclic) bond motifs is 1. The first-order chi connectivity index (χ1) is 12.1. The molecule has 2 heterocycles. The molecule has 6 nitrogen and oxygen atoms in total. The maximum absolute atomic E-state index is 13.1. The summed E-state index contributed by atoms with van der Waals surface area (Å²) in [5.74, 6) is -0.357. The number of hydrogen-bond donors (Lipinski definition) is 1. The number of carbonyl (C=O) groups excluding carboxylic acids is 1. The molecule has 0 radical (unpaired) electrons. The molecule has 1 atom stereocenters. The first-order valence-corrected chi connectivity index (χ1v) is 8.61. The zero-order valence-corrected chi connectivity index (χ0v) is 15.0. The Hall–Kier alpha value is -2.32. The second-order valence-corrected chi connectivity index (χ2v) is 6.86. The Morgan fingerprint density at radius 1 is 1.27 bits per heavy atom. The van der Waals surface area contributed by atoms with Crippen molar-refractivity contribution in [2.75, 3.05) is 0 Å². The van der Waals surface area contributed by atoms with Crippen LogP contribution in [-0.4, -0.2) is 31.5 Å². The Morgan fingerprint density at radius 3 is 2.62 bits per heavy atom. The molecule has 0 spiro atoms. The molecule has 3 rings (SSSR count). The molecule has 9 heteroatoms. The van der Waals surface area contributed by atoms with Gasteiger partial charge in [0.15, 0.2) is 5.69 Å². The molecule has 2 aromatic heterocycles. The molecule has 1 N–H and O–H groups in total. The predicted molar refractivity (Wildman–Crippen MR) is 88.6 cm³/mol. The Labute approximate surface area is 149 Å². The molecule has 0 unspecified atom stereocenters. The smallest absolute Gasteiger partial charge is 0.350 e. The van der Waals surface area contributed by atoms with E-state index in [0.29, 0.717) is 31.5 Å². The number of carbonyl (C=O) groups is 1. The van der Waals surface area contributed by atoms with Crippen LogP contribution in [0.1, 0.15) is 41.7 Å². The average Bonchev–Trinajstić information content (AvgIpc) is 3.16. The predicted octanol–water partition coefficient (Wildman–Crippen LogP) is 2.41. The number of amides is 1. The lowest BCUT2D eigenvalue weighted by Crippen LogP contribution is -2.38. The van der Waals surface area contributed by atoms with Crippen LogP contribution in [0.4, 0.5) is 13.2 Å². The zero-order chi connectivity index (χ0) is 19.1. The SMILES string of the molecule is Cc1cc(C)n(C[C@@H](C)NC(=O)Cn2nc(C(F)(F)F)c3c2CCC3)n1. The topological polar surface area (TPSA) is 64.7 Å². The van der Waals surface area contributed by atoms with Gasteiger partial charge in [0.25, 0.3) is 0 Å². The normalized spacial score (nSPS) is 15.2. The van der Waals surface area contributed by atoms with E-state index in [1.807, 2.05) is 26.8 Å². The highest BCUT2D eigenvalue weighted by Crippen LogP contribution is 2.36. The number of aromatic nitrogens is 4. The Balaban J connectivity index is 1.66. The lowest BCUT2D eigenvalue weighted by molar-refractivity contribution is -0.142. The van der Waals surface area contributed by atoms with Crippen molar-refractivity contribution < 1.29 is 18.0 Å². The van der Waals surface area contributed by atoms with E-state index in [4.69, 9.17) is 0 Å². The van der Waals surface area contributed by atoms with Crippen molar-refractivity contribution in [1.82, 2.24) is 24.9 Å². The van der Waals surface area contributed by atoms with E-state index in [1.54, 1.807) is 4.68 Å². The number of nitrogens with one attached hydrogen (secondary N) is 1. The van der Waals surface area contributed by atoms with E-state index in [-0.39, 0.29) is 24.1 Å². The van der Waals surface area contributed by atoms with Crippen LogP contribution < -0.4 is 5.32 Å². The summed E-state index contributed by atoms with van der Waals surface area (Å²) >= 11 is 0. The quantitative estimate of drug-likeness (QED) is 0.880. The van der Waals surface area contributed by atoms with E-state index >= 15 is 0 Å². The molecule has 1 aliphatic carbocycles. The first kappa shape index (κ1) is 18.5. The van der Waals surface area contributed by atoms with Crippen molar-refractivity contribution in [3.8, 4) is 0 Å². The summed E-state index contributed by atoms with van der Waals surface area (Å²) in [6, 6.07) is 1.74. The molecule has 1 amide bonds. The summed E-state index contributed by atoms with van der Waals surface area (Å²) in [7, 11) is 0. The Kier molecular flexibility index (Phi) is 4.81. The molecule has 142 valence electrons. The molecule has 0 aromatic carbocycles. The number of aryl methyl sites for hydroxylation is 2. The van der Waals surface area contributed by atoms with Gasteiger partial charge in [0.05, 0.1) is 12.2 Å². The standard InChI is InChI=1S/C17H22F3N5O/c1-10-7-12(3)24(22-10)8-11(2)21-15(26)9-25-14-6-4-5-13(14)16(23-25)17(18,19)20/h7,11H,4-6,8-9H2,1-3H3,(H,21,26)/t11-/m1/s1. The van der Waals surface area contributed by atoms with Gasteiger partial charge >= 0.3 is 6.18 Å². The van der Waals surface area contributed by atoms with Crippen LogP contribution in [0.15, 0.2) is 6.07 Å². The fraction of sp³-hybridized carbons (Fsp3) is 0.588. The summed E-state index contributed by atoms with van der Waals surface area (Å²) in [6.07, 6.45) is -2.95. The summed E-state index contributed by atoms with van der Waals surface area (Å²) in [5, 5.41) is 10.8. The molecule has 0 aliphatic heterocycles. The highest BCUT2D eigenvalue weighted by atomic mass is 19.4. The molecule has 1 aliphatic rings. The van der Waals surface area contributed by atoms with Crippen molar-refractivity contribution in [2.45, 2.75) is 65.3 Å². The molecule has 26 heavy (non-hydrogen) atoms. The molecular formula is C17H22F3N5O. The number of hydrogen-bond acceptors (Lipinski definition) is 3. The summed E-state index contributed by atoms with van der Waals surface area (Å²) in [6.45, 7) is 5.95. The van der Waals surface area contributed by atoms with E-state index in [9.17, 15) is 18.0 Å². The van der Waals surface area contributed by atoms with E-state index in [0.717, 1.165) is 11.4 Å². The van der Waals surface area contributed by atoms with Crippen LogP contribution in [0.3, 0.4) is 0 Å². The summed E-state index contributed by atoms with van der Waals surface area (Å²) in [5.41, 5.74) is 1.80. The fourth-order valence-corrected chi connectivity index (χ4v) is 3.49. The summed E-state index contributed by atoms with van der Waals surface area (Å²) in [4.78, 5) is 12.3. The van der Waals surface area contributed by atoms with Gasteiger partial charge in [0.2, 0.25) is 5.91 Å². The maximum atomic E-state index is 13.1. The van der Waals surface area contributed by atoms with Crippen LogP contribution in [0.5, 0.6) is 0 Å². The minimum atomic E-state index is -4.49. The lowest BCUT2D eigenvalue weighted by Gasteiger charge is -2.15. The van der Waals surface area contributed by atoms with E-state index in [2.05, 4.69) is 15.5 Å². The average molecular weight is 369 g/mol. The van der Waals surface area contributed by atoms with Crippen molar-refractivity contribution >= 4 is 5.91 Å². The third-order valence-electron chi connectivity index (χ3n) is 4.53. The molecule has 0 bridgehead atoms. The van der Waals surface area contributed by atoms with Crippen LogP contribution in [0, 0.1) is 13.8 Å². The number of rotatable bonds is 5. The van der Waals surface area contributed by atoms with Crippen molar-refractivity contribution in [2.24, 2.45) is 0 Å². The van der Waals surface area contributed by atoms with Crippen molar-refractivity contribution in [3.05, 3.63) is 34.4 Å². The molecule has 0 saturated heterocycles. The van der Waals surface area contributed by atoms with Gasteiger partial charge in [0.1, 0.15) is 6.54 Å². The summed E-state index contributed by atoms with van der Waals surface area (Å²) < 4.78 is 42.3. The molecule has 0 saturated carbocycles. The van der Waals surface area contributed by atoms with Gasteiger partial charge < -0.3 is 5.32 Å². The van der Waals surface area contributed by atoms with Gasteiger partial charge in [-0.25, -0.2) is 0 Å². The number of nitrogens with zero attached hydrogens (tertiary/aromatic N) is 4. The monoisotopic (exact) mass is 369 g/mol. The molecular weight excluding hydrogens is 347 g/mol. The largest absolute Gasteiger partial charge is 0.435 e. The van der Waals surface area contributed by atoms with Gasteiger partial charge in [-0.2, -0.15) is 23.4 Å². The fourth-order valence-electron chi connectivity index (χ4n) is 3.49. The number of halogens is 3. The second-order valence-electron chi connectivity index (χ2n) is 6.86. The van der Waals surface area contributed by atoms with Gasteiger partial charge in [-0.05, 0) is 46.1 Å². The second kappa shape index (κ2) is 6.77. The van der Waals surface area contributed by atoms with Crippen molar-refractivity contribution in [3.63, 3.8) is 0 Å². The highest BCUT2D eigenvalue weighted by Gasteiger charge is 2.40. The first-order valence-electron chi connectivity index (χ1n) is 8.61. The molecule has 2 aromatic rings. The third kappa shape index (κ3) is 3.76. The van der Waals surface area contributed by atoms with Gasteiger partial charge in [-0.1, -0.05) is 0 Å². The Bertz CT molecular complexity index is 821. The zero-order valence-electron chi connectivity index (χ0n) is 15.0. The van der Waals surface area contributed by atoms with Crippen LogP contribution in [-0.2, 0) is 36.9 Å². The van der Waals surface area contributed by atoms with Crippen LogP contribution in [0.2, 0.25) is 0 Å². The third-order valence-corrected chi connectivity index (χ3v) is 4.53. The van der Waals surface area contributed by atoms with Gasteiger partial charge in [0, 0.05) is 23.0 Å². The minimum Gasteiger partial charge on any atom is -0.350 e.